The molecule has 1 fully saturated rings. The van der Waals surface area contributed by atoms with Crippen molar-refractivity contribution in [3.8, 4) is 0 Å². The van der Waals surface area contributed by atoms with Gasteiger partial charge in [-0.25, -0.2) is 0 Å². The standard InChI is InChI=1S/C10H14ClN3O/c11-9-7-12-2-1-10(9)14-6-8-5-13-3-4-15-8/h1-2,7-8,13H,3-6H2,(H,12,14). The molecule has 15 heavy (non-hydrogen) atoms. The number of ether oxygens (including phenoxy) is 1. The van der Waals surface area contributed by atoms with Crippen LogP contribution in [0.2, 0.25) is 5.02 Å². The van der Waals surface area contributed by atoms with Gasteiger partial charge < -0.3 is 15.4 Å². The van der Waals surface area contributed by atoms with Gasteiger partial charge in [0.2, 0.25) is 0 Å². The number of hydrogen-bond donors (Lipinski definition) is 2. The topological polar surface area (TPSA) is 46.2 Å². The zero-order valence-corrected chi connectivity index (χ0v) is 9.13. The van der Waals surface area contributed by atoms with Gasteiger partial charge in [0, 0.05) is 32.0 Å². The Hall–Kier alpha value is -0.840. The molecule has 2 rings (SSSR count). The molecule has 1 aromatic rings. The molecule has 0 amide bonds. The van der Waals surface area contributed by atoms with Crippen LogP contribution in [0.25, 0.3) is 0 Å². The highest BCUT2D eigenvalue weighted by Crippen LogP contribution is 2.18. The van der Waals surface area contributed by atoms with Gasteiger partial charge in [-0.2, -0.15) is 0 Å². The maximum absolute atomic E-state index is 5.96. The largest absolute Gasteiger partial charge is 0.381 e. The summed E-state index contributed by atoms with van der Waals surface area (Å²) >= 11 is 5.96. The molecule has 1 saturated heterocycles. The number of aromatic nitrogens is 1. The van der Waals surface area contributed by atoms with E-state index >= 15 is 0 Å². The van der Waals surface area contributed by atoms with Crippen LogP contribution in [-0.2, 0) is 4.74 Å². The molecule has 0 aromatic carbocycles. The molecule has 2 heterocycles. The number of nitrogens with zero attached hydrogens (tertiary/aromatic N) is 1. The number of nitrogens with one attached hydrogen (secondary N) is 2. The fourth-order valence-electron chi connectivity index (χ4n) is 1.49. The molecule has 1 aromatic heterocycles. The third kappa shape index (κ3) is 3.06. The van der Waals surface area contributed by atoms with Crippen molar-refractivity contribution in [2.45, 2.75) is 6.10 Å². The Bertz CT molecular complexity index is 315. The molecule has 0 radical (unpaired) electrons. The fraction of sp³-hybridized carbons (Fsp3) is 0.500. The van der Waals surface area contributed by atoms with Crippen LogP contribution < -0.4 is 10.6 Å². The molecule has 2 N–H and O–H groups in total. The zero-order valence-electron chi connectivity index (χ0n) is 8.37. The molecule has 82 valence electrons. The lowest BCUT2D eigenvalue weighted by atomic mass is 10.3. The maximum Gasteiger partial charge on any atom is 0.0872 e. The second-order valence-electron chi connectivity index (χ2n) is 3.43. The van der Waals surface area contributed by atoms with Crippen molar-refractivity contribution in [3.63, 3.8) is 0 Å². The van der Waals surface area contributed by atoms with E-state index in [1.807, 2.05) is 6.07 Å². The summed E-state index contributed by atoms with van der Waals surface area (Å²) in [5.41, 5.74) is 0.904. The molecule has 1 atom stereocenters. The number of rotatable bonds is 3. The maximum atomic E-state index is 5.96. The molecule has 4 nitrogen and oxygen atoms in total. The quantitative estimate of drug-likeness (QED) is 0.813. The van der Waals surface area contributed by atoms with Gasteiger partial charge in [-0.1, -0.05) is 11.6 Å². The molecule has 0 aliphatic carbocycles. The predicted molar refractivity (Wildman–Crippen MR) is 60.3 cm³/mol. The SMILES string of the molecule is Clc1cnccc1NCC1CNCCO1. The summed E-state index contributed by atoms with van der Waals surface area (Å²) in [6.07, 6.45) is 3.56. The van der Waals surface area contributed by atoms with Crippen molar-refractivity contribution in [3.05, 3.63) is 23.5 Å². The Morgan fingerprint density at radius 2 is 2.60 bits per heavy atom. The van der Waals surface area contributed by atoms with Crippen LogP contribution in [0.15, 0.2) is 18.5 Å². The first-order valence-corrected chi connectivity index (χ1v) is 5.40. The van der Waals surface area contributed by atoms with Gasteiger partial charge >= 0.3 is 0 Å². The van der Waals surface area contributed by atoms with Gasteiger partial charge in [0.1, 0.15) is 0 Å². The third-order valence-corrected chi connectivity index (χ3v) is 2.60. The number of halogens is 1. The zero-order chi connectivity index (χ0) is 10.5. The van der Waals surface area contributed by atoms with Gasteiger partial charge in [0.25, 0.3) is 0 Å². The molecule has 1 unspecified atom stereocenters. The van der Waals surface area contributed by atoms with Gasteiger partial charge in [-0.3, -0.25) is 4.98 Å². The second kappa shape index (κ2) is 5.30. The predicted octanol–water partition coefficient (Wildman–Crippen LogP) is 1.14. The molecule has 0 saturated carbocycles. The van der Waals surface area contributed by atoms with Crippen LogP contribution in [0.3, 0.4) is 0 Å². The fourth-order valence-corrected chi connectivity index (χ4v) is 1.68. The van der Waals surface area contributed by atoms with Gasteiger partial charge in [0.05, 0.1) is 23.4 Å². The van der Waals surface area contributed by atoms with E-state index < -0.39 is 0 Å². The van der Waals surface area contributed by atoms with Crippen LogP contribution in [0.5, 0.6) is 0 Å². The first kappa shape index (κ1) is 10.7. The summed E-state index contributed by atoms with van der Waals surface area (Å²) in [7, 11) is 0. The normalized spacial score (nSPS) is 21.3. The summed E-state index contributed by atoms with van der Waals surface area (Å²) in [6, 6.07) is 1.86. The summed E-state index contributed by atoms with van der Waals surface area (Å²) in [5.74, 6) is 0. The van der Waals surface area contributed by atoms with E-state index in [0.717, 1.165) is 31.9 Å². The van der Waals surface area contributed by atoms with Crippen LogP contribution in [-0.4, -0.2) is 37.3 Å². The second-order valence-corrected chi connectivity index (χ2v) is 3.84. The minimum Gasteiger partial charge on any atom is -0.381 e. The van der Waals surface area contributed by atoms with Crippen LogP contribution in [0, 0.1) is 0 Å². The van der Waals surface area contributed by atoms with E-state index in [4.69, 9.17) is 16.3 Å². The highest BCUT2D eigenvalue weighted by atomic mass is 35.5. The molecule has 1 aliphatic rings. The molecule has 0 bridgehead atoms. The first-order chi connectivity index (χ1) is 7.36. The molecule has 1 aliphatic heterocycles. The summed E-state index contributed by atoms with van der Waals surface area (Å²) in [5, 5.41) is 7.16. The van der Waals surface area contributed by atoms with E-state index in [0.29, 0.717) is 5.02 Å². The number of morpholine rings is 1. The van der Waals surface area contributed by atoms with Gasteiger partial charge in [0.15, 0.2) is 0 Å². The van der Waals surface area contributed by atoms with Crippen LogP contribution >= 0.6 is 11.6 Å². The highest BCUT2D eigenvalue weighted by molar-refractivity contribution is 6.33. The molecule has 0 spiro atoms. The highest BCUT2D eigenvalue weighted by Gasteiger charge is 2.12. The number of anilines is 1. The Morgan fingerprint density at radius 1 is 1.67 bits per heavy atom. The van der Waals surface area contributed by atoms with Crippen LogP contribution in [0.1, 0.15) is 0 Å². The van der Waals surface area contributed by atoms with Crippen molar-refractivity contribution < 1.29 is 4.74 Å². The van der Waals surface area contributed by atoms with Crippen LogP contribution in [0.4, 0.5) is 5.69 Å². The average molecular weight is 228 g/mol. The smallest absolute Gasteiger partial charge is 0.0872 e. The lowest BCUT2D eigenvalue weighted by Crippen LogP contribution is -2.42. The summed E-state index contributed by atoms with van der Waals surface area (Å²) in [4.78, 5) is 3.92. The van der Waals surface area contributed by atoms with E-state index in [9.17, 15) is 0 Å². The van der Waals surface area contributed by atoms with Crippen molar-refractivity contribution in [2.75, 3.05) is 31.6 Å². The monoisotopic (exact) mass is 227 g/mol. The van der Waals surface area contributed by atoms with Gasteiger partial charge in [-0.05, 0) is 6.07 Å². The first-order valence-electron chi connectivity index (χ1n) is 5.02. The summed E-state index contributed by atoms with van der Waals surface area (Å²) in [6.45, 7) is 3.36. The number of hydrogen-bond acceptors (Lipinski definition) is 4. The Labute approximate surface area is 94.0 Å². The van der Waals surface area contributed by atoms with Crippen molar-refractivity contribution >= 4 is 17.3 Å². The lowest BCUT2D eigenvalue weighted by molar-refractivity contribution is 0.0372. The van der Waals surface area contributed by atoms with E-state index in [1.165, 1.54) is 0 Å². The Kier molecular flexibility index (Phi) is 3.77. The average Bonchev–Trinajstić information content (AvgIpc) is 2.29. The number of pyridine rings is 1. The summed E-state index contributed by atoms with van der Waals surface area (Å²) < 4.78 is 5.56. The minimum absolute atomic E-state index is 0.211. The molecular formula is C10H14ClN3O. The van der Waals surface area contributed by atoms with Crippen molar-refractivity contribution in [1.29, 1.82) is 0 Å². The Balaban J connectivity index is 1.84. The van der Waals surface area contributed by atoms with Crippen molar-refractivity contribution in [1.82, 2.24) is 10.3 Å². The third-order valence-electron chi connectivity index (χ3n) is 2.30. The van der Waals surface area contributed by atoms with E-state index in [-0.39, 0.29) is 6.10 Å². The lowest BCUT2D eigenvalue weighted by Gasteiger charge is -2.24. The molecule has 5 heteroatoms. The van der Waals surface area contributed by atoms with Gasteiger partial charge in [-0.15, -0.1) is 0 Å². The minimum atomic E-state index is 0.211. The van der Waals surface area contributed by atoms with Crippen molar-refractivity contribution in [2.24, 2.45) is 0 Å². The Morgan fingerprint density at radius 3 is 3.33 bits per heavy atom. The molecular weight excluding hydrogens is 214 g/mol. The van der Waals surface area contributed by atoms with E-state index in [2.05, 4.69) is 15.6 Å². The van der Waals surface area contributed by atoms with E-state index in [1.54, 1.807) is 12.4 Å².